The van der Waals surface area contributed by atoms with Gasteiger partial charge in [0, 0.05) is 10.6 Å². The molecule has 0 saturated heterocycles. The number of hydrogen-bond acceptors (Lipinski definition) is 2. The lowest BCUT2D eigenvalue weighted by Gasteiger charge is -1.98. The van der Waals surface area contributed by atoms with Crippen molar-refractivity contribution in [1.82, 2.24) is 0 Å². The van der Waals surface area contributed by atoms with Crippen LogP contribution in [0.4, 0.5) is 5.69 Å². The van der Waals surface area contributed by atoms with Crippen molar-refractivity contribution in [3.05, 3.63) is 39.8 Å². The molecule has 1 heterocycles. The number of fused-ring (bicyclic) bond motifs is 1. The first-order chi connectivity index (χ1) is 5.92. The Bertz CT molecular complexity index is 355. The molecule has 0 spiro atoms. The third-order valence-electron chi connectivity index (χ3n) is 1.90. The minimum absolute atomic E-state index is 0.560. The first kappa shape index (κ1) is 7.16. The zero-order valence-electron chi connectivity index (χ0n) is 6.40. The topological polar surface area (TPSA) is 58.0 Å². The summed E-state index contributed by atoms with van der Waals surface area (Å²) in [7, 11) is 0. The Hall–Kier alpha value is -1.51. The molecule has 0 amide bonds. The summed E-state index contributed by atoms with van der Waals surface area (Å²) in [6.07, 6.45) is 0. The average Bonchev–Trinajstić information content (AvgIpc) is 2.53. The summed E-state index contributed by atoms with van der Waals surface area (Å²) >= 11 is 0. The number of benzene rings is 1. The van der Waals surface area contributed by atoms with Gasteiger partial charge in [0.1, 0.15) is 0 Å². The molecule has 4 nitrogen and oxygen atoms in total. The van der Waals surface area contributed by atoms with Crippen LogP contribution in [0.5, 0.6) is 0 Å². The lowest BCUT2D eigenvalue weighted by Crippen LogP contribution is -1.80. The highest BCUT2D eigenvalue weighted by molar-refractivity contribution is 5.50. The molecule has 0 aromatic heterocycles. The number of azide groups is 1. The van der Waals surface area contributed by atoms with Crippen molar-refractivity contribution in [3.8, 4) is 0 Å². The Labute approximate surface area is 69.4 Å². The van der Waals surface area contributed by atoms with E-state index >= 15 is 0 Å². The molecule has 1 aromatic carbocycles. The van der Waals surface area contributed by atoms with Gasteiger partial charge < -0.3 is 4.74 Å². The van der Waals surface area contributed by atoms with Gasteiger partial charge in [0.25, 0.3) is 0 Å². The van der Waals surface area contributed by atoms with Crippen LogP contribution in [0.2, 0.25) is 0 Å². The van der Waals surface area contributed by atoms with Gasteiger partial charge in [-0.15, -0.1) is 0 Å². The average molecular weight is 161 g/mol. The molecule has 0 aliphatic carbocycles. The molecule has 0 fully saturated rings. The molecular weight excluding hydrogens is 154 g/mol. The third-order valence-corrected chi connectivity index (χ3v) is 1.90. The van der Waals surface area contributed by atoms with E-state index in [-0.39, 0.29) is 0 Å². The van der Waals surface area contributed by atoms with Gasteiger partial charge in [-0.3, -0.25) is 0 Å². The fourth-order valence-electron chi connectivity index (χ4n) is 1.33. The van der Waals surface area contributed by atoms with E-state index in [4.69, 9.17) is 10.3 Å². The van der Waals surface area contributed by atoms with Gasteiger partial charge in [-0.2, -0.15) is 0 Å². The normalized spacial score (nSPS) is 13.7. The Morgan fingerprint density at radius 3 is 3.17 bits per heavy atom. The van der Waals surface area contributed by atoms with Gasteiger partial charge in [-0.1, -0.05) is 23.3 Å². The Morgan fingerprint density at radius 2 is 2.33 bits per heavy atom. The largest absolute Gasteiger partial charge is 0.372 e. The van der Waals surface area contributed by atoms with Crippen LogP contribution in [-0.4, -0.2) is 0 Å². The zero-order valence-corrected chi connectivity index (χ0v) is 6.40. The van der Waals surface area contributed by atoms with E-state index in [9.17, 15) is 0 Å². The van der Waals surface area contributed by atoms with E-state index < -0.39 is 0 Å². The summed E-state index contributed by atoms with van der Waals surface area (Å²) < 4.78 is 5.22. The van der Waals surface area contributed by atoms with Gasteiger partial charge in [0.05, 0.1) is 13.2 Å². The second-order valence-corrected chi connectivity index (χ2v) is 2.60. The molecule has 0 radical (unpaired) electrons. The Kier molecular flexibility index (Phi) is 1.70. The van der Waals surface area contributed by atoms with Gasteiger partial charge in [-0.25, -0.2) is 0 Å². The number of nitrogens with zero attached hydrogens (tertiary/aromatic N) is 3. The highest BCUT2D eigenvalue weighted by Crippen LogP contribution is 2.28. The molecule has 0 bridgehead atoms. The molecule has 60 valence electrons. The van der Waals surface area contributed by atoms with Crippen molar-refractivity contribution in [1.29, 1.82) is 0 Å². The lowest BCUT2D eigenvalue weighted by atomic mass is 10.1. The van der Waals surface area contributed by atoms with Crippen LogP contribution in [0, 0.1) is 0 Å². The third kappa shape index (κ3) is 1.03. The van der Waals surface area contributed by atoms with Gasteiger partial charge in [-0.05, 0) is 16.7 Å². The van der Waals surface area contributed by atoms with Crippen LogP contribution in [0.3, 0.4) is 0 Å². The van der Waals surface area contributed by atoms with Crippen molar-refractivity contribution >= 4 is 5.69 Å². The SMILES string of the molecule is [N-]=[N+]=Nc1cccc2c1COC2. The molecule has 0 unspecified atom stereocenters. The molecule has 0 N–H and O–H groups in total. The van der Waals surface area contributed by atoms with Crippen LogP contribution in [-0.2, 0) is 18.0 Å². The summed E-state index contributed by atoms with van der Waals surface area (Å²) in [4.78, 5) is 2.75. The van der Waals surface area contributed by atoms with E-state index in [0.29, 0.717) is 18.9 Å². The minimum atomic E-state index is 0.560. The monoisotopic (exact) mass is 161 g/mol. The summed E-state index contributed by atoms with van der Waals surface area (Å²) in [6.45, 7) is 1.19. The number of rotatable bonds is 1. The van der Waals surface area contributed by atoms with Crippen molar-refractivity contribution in [2.24, 2.45) is 5.11 Å². The van der Waals surface area contributed by atoms with Crippen molar-refractivity contribution in [2.75, 3.05) is 0 Å². The van der Waals surface area contributed by atoms with Crippen molar-refractivity contribution in [2.45, 2.75) is 13.2 Å². The van der Waals surface area contributed by atoms with Crippen molar-refractivity contribution in [3.63, 3.8) is 0 Å². The van der Waals surface area contributed by atoms with Gasteiger partial charge in [0.2, 0.25) is 0 Å². The van der Waals surface area contributed by atoms with Crippen LogP contribution in [0.1, 0.15) is 11.1 Å². The van der Waals surface area contributed by atoms with E-state index in [1.807, 2.05) is 12.1 Å². The summed E-state index contributed by atoms with van der Waals surface area (Å²) in [6, 6.07) is 5.66. The predicted octanol–water partition coefficient (Wildman–Crippen LogP) is 2.66. The van der Waals surface area contributed by atoms with E-state index in [2.05, 4.69) is 10.0 Å². The van der Waals surface area contributed by atoms with E-state index in [0.717, 1.165) is 11.1 Å². The number of hydrogen-bond donors (Lipinski definition) is 0. The quantitative estimate of drug-likeness (QED) is 0.355. The smallest absolute Gasteiger partial charge is 0.0729 e. The maximum Gasteiger partial charge on any atom is 0.0729 e. The molecule has 2 rings (SSSR count). The Morgan fingerprint density at radius 1 is 1.42 bits per heavy atom. The second kappa shape index (κ2) is 2.85. The molecule has 1 aliphatic heterocycles. The predicted molar refractivity (Wildman–Crippen MR) is 43.7 cm³/mol. The molecular formula is C8H7N3O. The highest BCUT2D eigenvalue weighted by Gasteiger charge is 2.13. The van der Waals surface area contributed by atoms with Crippen LogP contribution in [0.15, 0.2) is 23.3 Å². The fourth-order valence-corrected chi connectivity index (χ4v) is 1.33. The first-order valence-electron chi connectivity index (χ1n) is 3.65. The second-order valence-electron chi connectivity index (χ2n) is 2.60. The first-order valence-corrected chi connectivity index (χ1v) is 3.65. The van der Waals surface area contributed by atoms with Gasteiger partial charge in [0.15, 0.2) is 0 Å². The van der Waals surface area contributed by atoms with Crippen molar-refractivity contribution < 1.29 is 4.74 Å². The molecule has 12 heavy (non-hydrogen) atoms. The molecule has 0 saturated carbocycles. The Balaban J connectivity index is 2.56. The molecule has 1 aromatic rings. The molecule has 0 atom stereocenters. The fraction of sp³-hybridized carbons (Fsp3) is 0.250. The molecule has 4 heteroatoms. The summed E-state index contributed by atoms with van der Waals surface area (Å²) in [5.41, 5.74) is 11.1. The van der Waals surface area contributed by atoms with E-state index in [1.165, 1.54) is 0 Å². The maximum atomic E-state index is 8.27. The standard InChI is InChI=1S/C8H7N3O/c9-11-10-8-3-1-2-6-4-12-5-7(6)8/h1-3H,4-5H2. The summed E-state index contributed by atoms with van der Waals surface area (Å²) in [5, 5.41) is 3.58. The van der Waals surface area contributed by atoms with Crippen LogP contribution in [0.25, 0.3) is 10.4 Å². The van der Waals surface area contributed by atoms with Crippen LogP contribution >= 0.6 is 0 Å². The molecule has 1 aliphatic rings. The lowest BCUT2D eigenvalue weighted by molar-refractivity contribution is 0.134. The van der Waals surface area contributed by atoms with Crippen LogP contribution < -0.4 is 0 Å². The minimum Gasteiger partial charge on any atom is -0.372 e. The highest BCUT2D eigenvalue weighted by atomic mass is 16.5. The maximum absolute atomic E-state index is 8.27. The number of ether oxygens (including phenoxy) is 1. The zero-order chi connectivity index (χ0) is 8.39. The van der Waals surface area contributed by atoms with Gasteiger partial charge >= 0.3 is 0 Å². The van der Waals surface area contributed by atoms with E-state index in [1.54, 1.807) is 6.07 Å². The summed E-state index contributed by atoms with van der Waals surface area (Å²) in [5.74, 6) is 0.